The highest BCUT2D eigenvalue weighted by atomic mass is 16.6. The van der Waals surface area contributed by atoms with E-state index >= 15 is 0 Å². The SMILES string of the molecule is COc1ccc(NC(=O)C(Cc2ccc([N+](=O)[O-])cc2)N2C(=O)c3ccccc3C2=O)cc1. The maximum absolute atomic E-state index is 13.3. The third-order valence-electron chi connectivity index (χ3n) is 5.37. The van der Waals surface area contributed by atoms with Gasteiger partial charge in [-0.15, -0.1) is 0 Å². The second-order valence-electron chi connectivity index (χ2n) is 7.39. The Kier molecular flexibility index (Phi) is 5.86. The van der Waals surface area contributed by atoms with E-state index in [4.69, 9.17) is 4.74 Å². The molecule has 33 heavy (non-hydrogen) atoms. The van der Waals surface area contributed by atoms with E-state index in [1.165, 1.54) is 31.4 Å². The largest absolute Gasteiger partial charge is 0.497 e. The summed E-state index contributed by atoms with van der Waals surface area (Å²) in [4.78, 5) is 50.7. The minimum Gasteiger partial charge on any atom is -0.497 e. The van der Waals surface area contributed by atoms with Crippen LogP contribution in [0.2, 0.25) is 0 Å². The van der Waals surface area contributed by atoms with Crippen LogP contribution in [0.4, 0.5) is 11.4 Å². The quantitative estimate of drug-likeness (QED) is 0.338. The lowest BCUT2D eigenvalue weighted by molar-refractivity contribution is -0.384. The fraction of sp³-hybridized carbons (Fsp3) is 0.125. The highest BCUT2D eigenvalue weighted by molar-refractivity contribution is 6.23. The van der Waals surface area contributed by atoms with Gasteiger partial charge in [0.25, 0.3) is 17.5 Å². The molecule has 9 heteroatoms. The van der Waals surface area contributed by atoms with E-state index < -0.39 is 28.7 Å². The summed E-state index contributed by atoms with van der Waals surface area (Å²) in [5.41, 5.74) is 1.39. The van der Waals surface area contributed by atoms with Gasteiger partial charge in [-0.05, 0) is 42.0 Å². The van der Waals surface area contributed by atoms with Crippen LogP contribution in [-0.2, 0) is 11.2 Å². The average Bonchev–Trinajstić information content (AvgIpc) is 3.08. The number of ether oxygens (including phenoxy) is 1. The fourth-order valence-corrected chi connectivity index (χ4v) is 3.67. The molecule has 0 spiro atoms. The van der Waals surface area contributed by atoms with E-state index in [1.807, 2.05) is 0 Å². The number of nitro benzene ring substituents is 1. The lowest BCUT2D eigenvalue weighted by atomic mass is 10.0. The van der Waals surface area contributed by atoms with Crippen molar-refractivity contribution in [3.8, 4) is 5.75 Å². The average molecular weight is 445 g/mol. The predicted octanol–water partition coefficient (Wildman–Crippen LogP) is 3.45. The molecular weight excluding hydrogens is 426 g/mol. The van der Waals surface area contributed by atoms with Gasteiger partial charge in [0, 0.05) is 24.2 Å². The number of carbonyl (C=O) groups is 3. The Bertz CT molecular complexity index is 1200. The smallest absolute Gasteiger partial charge is 0.269 e. The Balaban J connectivity index is 1.65. The van der Waals surface area contributed by atoms with Gasteiger partial charge in [0.1, 0.15) is 11.8 Å². The maximum atomic E-state index is 13.3. The zero-order chi connectivity index (χ0) is 23.5. The second-order valence-corrected chi connectivity index (χ2v) is 7.39. The zero-order valence-electron chi connectivity index (χ0n) is 17.6. The number of rotatable bonds is 7. The van der Waals surface area contributed by atoms with E-state index in [9.17, 15) is 24.5 Å². The van der Waals surface area contributed by atoms with Crippen molar-refractivity contribution in [2.45, 2.75) is 12.5 Å². The molecule has 166 valence electrons. The molecule has 0 aliphatic carbocycles. The third-order valence-corrected chi connectivity index (χ3v) is 5.37. The van der Waals surface area contributed by atoms with Crippen LogP contribution in [0.3, 0.4) is 0 Å². The van der Waals surface area contributed by atoms with Crippen molar-refractivity contribution in [3.05, 3.63) is 99.6 Å². The zero-order valence-corrected chi connectivity index (χ0v) is 17.6. The van der Waals surface area contributed by atoms with Gasteiger partial charge in [-0.1, -0.05) is 24.3 Å². The van der Waals surface area contributed by atoms with Crippen LogP contribution in [0.5, 0.6) is 5.75 Å². The molecule has 3 aromatic carbocycles. The molecule has 0 bridgehead atoms. The first-order chi connectivity index (χ1) is 15.9. The van der Waals surface area contributed by atoms with Crippen molar-refractivity contribution >= 4 is 29.1 Å². The van der Waals surface area contributed by atoms with Gasteiger partial charge >= 0.3 is 0 Å². The van der Waals surface area contributed by atoms with Crippen LogP contribution >= 0.6 is 0 Å². The number of non-ortho nitro benzene ring substituents is 1. The van der Waals surface area contributed by atoms with Crippen LogP contribution in [0.1, 0.15) is 26.3 Å². The molecule has 0 saturated heterocycles. The van der Waals surface area contributed by atoms with Crippen molar-refractivity contribution in [3.63, 3.8) is 0 Å². The molecular formula is C24H19N3O6. The van der Waals surface area contributed by atoms with E-state index in [0.29, 0.717) is 17.0 Å². The van der Waals surface area contributed by atoms with Crippen LogP contribution in [-0.4, -0.2) is 40.7 Å². The van der Waals surface area contributed by atoms with E-state index in [1.54, 1.807) is 48.5 Å². The molecule has 3 aromatic rings. The number of nitro groups is 1. The summed E-state index contributed by atoms with van der Waals surface area (Å²) in [6.45, 7) is 0. The molecule has 4 rings (SSSR count). The number of benzene rings is 3. The van der Waals surface area contributed by atoms with E-state index in [-0.39, 0.29) is 23.2 Å². The number of nitrogens with zero attached hydrogens (tertiary/aromatic N) is 2. The molecule has 1 unspecified atom stereocenters. The lowest BCUT2D eigenvalue weighted by Crippen LogP contribution is -2.48. The minimum atomic E-state index is -1.17. The first-order valence-corrected chi connectivity index (χ1v) is 10.0. The highest BCUT2D eigenvalue weighted by Gasteiger charge is 2.42. The van der Waals surface area contributed by atoms with Gasteiger partial charge in [-0.25, -0.2) is 0 Å². The number of fused-ring (bicyclic) bond motifs is 1. The Morgan fingerprint density at radius 3 is 2.06 bits per heavy atom. The number of imide groups is 1. The van der Waals surface area contributed by atoms with Crippen molar-refractivity contribution in [2.75, 3.05) is 12.4 Å². The minimum absolute atomic E-state index is 0.00848. The molecule has 1 atom stereocenters. The monoisotopic (exact) mass is 445 g/mol. The summed E-state index contributed by atoms with van der Waals surface area (Å²) in [6, 6.07) is 17.5. The number of hydrogen-bond donors (Lipinski definition) is 1. The van der Waals surface area contributed by atoms with Crippen LogP contribution in [0, 0.1) is 10.1 Å². The molecule has 1 aliphatic rings. The van der Waals surface area contributed by atoms with E-state index in [2.05, 4.69) is 5.32 Å². The standard InChI is InChI=1S/C24H19N3O6/c1-33-18-12-8-16(9-13-18)25-22(28)21(14-15-6-10-17(11-7-15)27(31)32)26-23(29)19-4-2-3-5-20(19)24(26)30/h2-13,21H,14H2,1H3,(H,25,28). The van der Waals surface area contributed by atoms with Crippen molar-refractivity contribution in [1.29, 1.82) is 0 Å². The third kappa shape index (κ3) is 4.29. The summed E-state index contributed by atoms with van der Waals surface area (Å²) < 4.78 is 5.11. The van der Waals surface area contributed by atoms with E-state index in [0.717, 1.165) is 4.90 Å². The Morgan fingerprint density at radius 2 is 1.55 bits per heavy atom. The number of methoxy groups -OCH3 is 1. The van der Waals surface area contributed by atoms with Gasteiger partial charge in [-0.3, -0.25) is 29.4 Å². The van der Waals surface area contributed by atoms with Gasteiger partial charge in [0.05, 0.1) is 23.2 Å². The van der Waals surface area contributed by atoms with Crippen LogP contribution < -0.4 is 10.1 Å². The number of carbonyl (C=O) groups excluding carboxylic acids is 3. The molecule has 1 aliphatic heterocycles. The number of anilines is 1. The highest BCUT2D eigenvalue weighted by Crippen LogP contribution is 2.27. The summed E-state index contributed by atoms with van der Waals surface area (Å²) in [7, 11) is 1.52. The predicted molar refractivity (Wildman–Crippen MR) is 119 cm³/mol. The summed E-state index contributed by atoms with van der Waals surface area (Å²) in [6.07, 6.45) is -0.00848. The van der Waals surface area contributed by atoms with Crippen molar-refractivity contribution in [2.24, 2.45) is 0 Å². The lowest BCUT2D eigenvalue weighted by Gasteiger charge is -2.25. The first kappa shape index (κ1) is 21.7. The first-order valence-electron chi connectivity index (χ1n) is 10.0. The molecule has 0 saturated carbocycles. The molecule has 0 aromatic heterocycles. The van der Waals surface area contributed by atoms with Gasteiger partial charge in [-0.2, -0.15) is 0 Å². The van der Waals surface area contributed by atoms with Crippen LogP contribution in [0.25, 0.3) is 0 Å². The summed E-state index contributed by atoms with van der Waals surface area (Å²) in [5.74, 6) is -1.08. The Morgan fingerprint density at radius 1 is 0.970 bits per heavy atom. The van der Waals surface area contributed by atoms with Gasteiger partial charge < -0.3 is 10.1 Å². The topological polar surface area (TPSA) is 119 Å². The number of hydrogen-bond acceptors (Lipinski definition) is 6. The summed E-state index contributed by atoms with van der Waals surface area (Å²) in [5, 5.41) is 13.7. The Hall–Kier alpha value is -4.53. The molecule has 1 N–H and O–H groups in total. The Labute approximate surface area is 188 Å². The van der Waals surface area contributed by atoms with Gasteiger partial charge in [0.15, 0.2) is 0 Å². The second kappa shape index (κ2) is 8.91. The fourth-order valence-electron chi connectivity index (χ4n) is 3.67. The summed E-state index contributed by atoms with van der Waals surface area (Å²) >= 11 is 0. The molecule has 0 radical (unpaired) electrons. The van der Waals surface area contributed by atoms with Crippen LogP contribution in [0.15, 0.2) is 72.8 Å². The normalized spacial score (nSPS) is 13.4. The molecule has 9 nitrogen and oxygen atoms in total. The molecule has 0 fully saturated rings. The number of amides is 3. The molecule has 3 amide bonds. The van der Waals surface area contributed by atoms with Crippen molar-refractivity contribution in [1.82, 2.24) is 4.90 Å². The van der Waals surface area contributed by atoms with Crippen molar-refractivity contribution < 1.29 is 24.0 Å². The number of nitrogens with one attached hydrogen (secondary N) is 1. The maximum Gasteiger partial charge on any atom is 0.269 e. The molecule has 1 heterocycles. The van der Waals surface area contributed by atoms with Gasteiger partial charge in [0.2, 0.25) is 5.91 Å².